The summed E-state index contributed by atoms with van der Waals surface area (Å²) in [5, 5.41) is 3.29. The summed E-state index contributed by atoms with van der Waals surface area (Å²) in [6, 6.07) is 7.81. The Hall–Kier alpha value is -3.62. The second-order valence-electron chi connectivity index (χ2n) is 7.90. The van der Waals surface area contributed by atoms with E-state index in [-0.39, 0.29) is 18.6 Å². The third-order valence-corrected chi connectivity index (χ3v) is 5.64. The highest BCUT2D eigenvalue weighted by molar-refractivity contribution is 5.89. The van der Waals surface area contributed by atoms with Crippen LogP contribution in [0.15, 0.2) is 43.1 Å². The quantitative estimate of drug-likeness (QED) is 0.634. The molecular weight excluding hydrogens is 410 g/mol. The van der Waals surface area contributed by atoms with Gasteiger partial charge in [0.1, 0.15) is 18.2 Å². The van der Waals surface area contributed by atoms with E-state index in [0.717, 1.165) is 16.9 Å². The zero-order valence-electron chi connectivity index (χ0n) is 18.3. The van der Waals surface area contributed by atoms with Crippen LogP contribution in [0.2, 0.25) is 0 Å². The third-order valence-electron chi connectivity index (χ3n) is 5.64. The highest BCUT2D eigenvalue weighted by Gasteiger charge is 2.30. The Morgan fingerprint density at radius 2 is 2.12 bits per heavy atom. The molecule has 1 atom stereocenters. The van der Waals surface area contributed by atoms with Crippen LogP contribution in [-0.2, 0) is 16.1 Å². The van der Waals surface area contributed by atoms with Crippen LogP contribution in [0.3, 0.4) is 0 Å². The number of rotatable bonds is 8. The molecule has 0 unspecified atom stereocenters. The number of aromatic nitrogens is 2. The molecule has 2 amide bonds. The fourth-order valence-corrected chi connectivity index (χ4v) is 3.71. The van der Waals surface area contributed by atoms with E-state index in [2.05, 4.69) is 21.9 Å². The van der Waals surface area contributed by atoms with Crippen molar-refractivity contribution in [3.63, 3.8) is 0 Å². The summed E-state index contributed by atoms with van der Waals surface area (Å²) >= 11 is 0. The number of nitrogens with one attached hydrogen (secondary N) is 1. The highest BCUT2D eigenvalue weighted by Crippen LogP contribution is 2.27. The maximum absolute atomic E-state index is 11.9. The van der Waals surface area contributed by atoms with Gasteiger partial charge < -0.3 is 19.7 Å². The first-order valence-electron chi connectivity index (χ1n) is 10.7. The zero-order chi connectivity index (χ0) is 22.7. The Kier molecular flexibility index (Phi) is 6.25. The summed E-state index contributed by atoms with van der Waals surface area (Å²) in [5.74, 6) is 2.14. The number of hydrogen-bond donors (Lipinski definition) is 1. The lowest BCUT2D eigenvalue weighted by atomic mass is 10.0. The molecule has 1 fully saturated rings. The maximum atomic E-state index is 11.9. The molecule has 9 nitrogen and oxygen atoms in total. The number of carbonyl (C=O) groups is 2. The van der Waals surface area contributed by atoms with Crippen LogP contribution in [-0.4, -0.2) is 53.1 Å². The lowest BCUT2D eigenvalue weighted by Crippen LogP contribution is -2.51. The first-order valence-corrected chi connectivity index (χ1v) is 10.7. The highest BCUT2D eigenvalue weighted by atomic mass is 16.6. The molecule has 0 radical (unpaired) electrons. The predicted molar refractivity (Wildman–Crippen MR) is 119 cm³/mol. The Morgan fingerprint density at radius 3 is 2.81 bits per heavy atom. The van der Waals surface area contributed by atoms with E-state index < -0.39 is 6.09 Å². The van der Waals surface area contributed by atoms with Gasteiger partial charge in [-0.15, -0.1) is 0 Å². The largest absolute Gasteiger partial charge is 0.493 e. The summed E-state index contributed by atoms with van der Waals surface area (Å²) in [4.78, 5) is 35.6. The molecule has 3 heterocycles. The summed E-state index contributed by atoms with van der Waals surface area (Å²) in [7, 11) is 0. The van der Waals surface area contributed by atoms with Crippen LogP contribution >= 0.6 is 0 Å². The first kappa shape index (κ1) is 21.6. The molecule has 1 saturated heterocycles. The van der Waals surface area contributed by atoms with Crippen molar-refractivity contribution < 1.29 is 19.1 Å². The molecule has 4 rings (SSSR count). The Bertz CT molecular complexity index is 1000. The minimum Gasteiger partial charge on any atom is -0.493 e. The summed E-state index contributed by atoms with van der Waals surface area (Å²) in [5.41, 5.74) is 1.84. The van der Waals surface area contributed by atoms with Gasteiger partial charge in [0.05, 0.1) is 18.2 Å². The Labute approximate surface area is 187 Å². The SMILES string of the molecule is C=CC(=O)N1CC(COc2ccc([C@H](C)Nc3ncc4c(n3)N(CC)C(=O)OC4)cc2)C1. The van der Waals surface area contributed by atoms with E-state index in [1.54, 1.807) is 11.1 Å². The molecule has 0 spiro atoms. The van der Waals surface area contributed by atoms with Crippen molar-refractivity contribution in [1.82, 2.24) is 14.9 Å². The molecule has 1 aromatic heterocycles. The average molecular weight is 438 g/mol. The van der Waals surface area contributed by atoms with Gasteiger partial charge in [0, 0.05) is 31.7 Å². The van der Waals surface area contributed by atoms with E-state index in [4.69, 9.17) is 9.47 Å². The van der Waals surface area contributed by atoms with E-state index in [9.17, 15) is 9.59 Å². The zero-order valence-corrected chi connectivity index (χ0v) is 18.3. The molecule has 2 aliphatic rings. The standard InChI is InChI=1S/C23H27N5O4/c1-4-20(29)27-11-16(12-27)13-31-19-8-6-17(7-9-19)15(3)25-22-24-10-18-14-32-23(30)28(5-2)21(18)26-22/h4,6-10,15-16H,1,5,11-14H2,2-3H3,(H,24,25,26)/t15-/m0/s1. The van der Waals surface area contributed by atoms with Crippen molar-refractivity contribution in [1.29, 1.82) is 0 Å². The molecule has 2 aromatic rings. The minimum atomic E-state index is -0.393. The summed E-state index contributed by atoms with van der Waals surface area (Å²) < 4.78 is 11.0. The lowest BCUT2D eigenvalue weighted by molar-refractivity contribution is -0.132. The van der Waals surface area contributed by atoms with Gasteiger partial charge >= 0.3 is 6.09 Å². The monoisotopic (exact) mass is 437 g/mol. The number of fused-ring (bicyclic) bond motifs is 1. The van der Waals surface area contributed by atoms with Gasteiger partial charge in [-0.3, -0.25) is 9.69 Å². The van der Waals surface area contributed by atoms with Crippen molar-refractivity contribution >= 4 is 23.8 Å². The summed E-state index contributed by atoms with van der Waals surface area (Å²) in [6.45, 7) is 10.0. The van der Waals surface area contributed by atoms with Gasteiger partial charge in [0.15, 0.2) is 0 Å². The van der Waals surface area contributed by atoms with Gasteiger partial charge in [-0.05, 0) is 37.6 Å². The summed E-state index contributed by atoms with van der Waals surface area (Å²) in [6.07, 6.45) is 2.64. The van der Waals surface area contributed by atoms with Gasteiger partial charge in [-0.2, -0.15) is 4.98 Å². The van der Waals surface area contributed by atoms with Gasteiger partial charge in [-0.25, -0.2) is 9.78 Å². The number of hydrogen-bond acceptors (Lipinski definition) is 7. The topological polar surface area (TPSA) is 96.9 Å². The average Bonchev–Trinajstić information content (AvgIpc) is 2.78. The van der Waals surface area contributed by atoms with Crippen molar-refractivity contribution in [3.8, 4) is 5.75 Å². The van der Waals surface area contributed by atoms with Crippen molar-refractivity contribution in [2.24, 2.45) is 5.92 Å². The second-order valence-corrected chi connectivity index (χ2v) is 7.90. The third kappa shape index (κ3) is 4.51. The fraction of sp³-hybridized carbons (Fsp3) is 0.391. The van der Waals surface area contributed by atoms with Crippen LogP contribution in [0.5, 0.6) is 5.75 Å². The van der Waals surface area contributed by atoms with Crippen LogP contribution in [0.1, 0.15) is 31.0 Å². The normalized spacial score (nSPS) is 16.5. The van der Waals surface area contributed by atoms with Crippen LogP contribution < -0.4 is 15.0 Å². The van der Waals surface area contributed by atoms with E-state index in [1.165, 1.54) is 11.0 Å². The smallest absolute Gasteiger partial charge is 0.415 e. The van der Waals surface area contributed by atoms with Crippen LogP contribution in [0.25, 0.3) is 0 Å². The van der Waals surface area contributed by atoms with Gasteiger partial charge in [0.2, 0.25) is 11.9 Å². The van der Waals surface area contributed by atoms with E-state index >= 15 is 0 Å². The Balaban J connectivity index is 1.32. The fourth-order valence-electron chi connectivity index (χ4n) is 3.71. The minimum absolute atomic E-state index is 0.0302. The molecule has 1 aromatic carbocycles. The van der Waals surface area contributed by atoms with Crippen molar-refractivity contribution in [2.45, 2.75) is 26.5 Å². The maximum Gasteiger partial charge on any atom is 0.415 e. The molecule has 1 N–H and O–H groups in total. The molecule has 0 saturated carbocycles. The number of likely N-dealkylation sites (tertiary alicyclic amines) is 1. The van der Waals surface area contributed by atoms with Crippen molar-refractivity contribution in [2.75, 3.05) is 36.5 Å². The molecule has 0 bridgehead atoms. The molecule has 168 valence electrons. The number of amides is 2. The van der Waals surface area contributed by atoms with Crippen molar-refractivity contribution in [3.05, 3.63) is 54.2 Å². The second kappa shape index (κ2) is 9.25. The molecule has 0 aliphatic carbocycles. The van der Waals surface area contributed by atoms with Gasteiger partial charge in [-0.1, -0.05) is 18.7 Å². The molecule has 2 aliphatic heterocycles. The lowest BCUT2D eigenvalue weighted by Gasteiger charge is -2.38. The molecule has 9 heteroatoms. The van der Waals surface area contributed by atoms with Crippen LogP contribution in [0, 0.1) is 5.92 Å². The molecular formula is C23H27N5O4. The van der Waals surface area contributed by atoms with E-state index in [0.29, 0.717) is 43.9 Å². The number of nitrogens with zero attached hydrogens (tertiary/aromatic N) is 4. The first-order chi connectivity index (χ1) is 15.5. The van der Waals surface area contributed by atoms with Crippen LogP contribution in [0.4, 0.5) is 16.6 Å². The molecule has 32 heavy (non-hydrogen) atoms. The number of ether oxygens (including phenoxy) is 2. The number of anilines is 2. The number of benzene rings is 1. The Morgan fingerprint density at radius 1 is 1.38 bits per heavy atom. The predicted octanol–water partition coefficient (Wildman–Crippen LogP) is 3.15. The number of carbonyl (C=O) groups excluding carboxylic acids is 2. The number of cyclic esters (lactones) is 1. The van der Waals surface area contributed by atoms with Gasteiger partial charge in [0.25, 0.3) is 0 Å². The van der Waals surface area contributed by atoms with E-state index in [1.807, 2.05) is 38.1 Å².